The molecule has 0 amide bonds. The molecule has 1 N–H and O–H groups in total. The second-order valence-corrected chi connectivity index (χ2v) is 8.47. The monoisotopic (exact) mass is 288 g/mol. The smallest absolute Gasteiger partial charge is 0.151 e. The van der Waals surface area contributed by atoms with E-state index in [1.165, 1.54) is 6.42 Å². The minimum atomic E-state index is -2.77. The van der Waals surface area contributed by atoms with Gasteiger partial charge in [-0.2, -0.15) is 0 Å². The minimum Gasteiger partial charge on any atom is -0.314 e. The highest BCUT2D eigenvalue weighted by Crippen LogP contribution is 2.29. The highest BCUT2D eigenvalue weighted by molar-refractivity contribution is 7.91. The Hall–Kier alpha value is -0.130. The van der Waals surface area contributed by atoms with E-state index in [2.05, 4.69) is 31.0 Å². The van der Waals surface area contributed by atoms with Gasteiger partial charge in [-0.1, -0.05) is 13.8 Å². The Morgan fingerprint density at radius 1 is 1.26 bits per heavy atom. The van der Waals surface area contributed by atoms with Crippen molar-refractivity contribution in [3.63, 3.8) is 0 Å². The summed E-state index contributed by atoms with van der Waals surface area (Å²) in [6.07, 6.45) is 3.14. The molecular formula is C14H28N2O2S. The number of nitrogens with one attached hydrogen (secondary N) is 1. The van der Waals surface area contributed by atoms with Crippen molar-refractivity contribution in [2.45, 2.75) is 58.2 Å². The largest absolute Gasteiger partial charge is 0.314 e. The molecule has 0 aromatic carbocycles. The van der Waals surface area contributed by atoms with Gasteiger partial charge in [-0.3, -0.25) is 4.90 Å². The van der Waals surface area contributed by atoms with Gasteiger partial charge in [-0.15, -0.1) is 0 Å². The van der Waals surface area contributed by atoms with Gasteiger partial charge in [0.15, 0.2) is 9.84 Å². The Balaban J connectivity index is 1.95. The van der Waals surface area contributed by atoms with Gasteiger partial charge in [-0.05, 0) is 38.6 Å². The van der Waals surface area contributed by atoms with Crippen molar-refractivity contribution in [2.75, 3.05) is 24.6 Å². The normalized spacial score (nSPS) is 39.5. The van der Waals surface area contributed by atoms with Crippen LogP contribution in [-0.2, 0) is 9.84 Å². The molecule has 2 aliphatic heterocycles. The van der Waals surface area contributed by atoms with Crippen LogP contribution in [0.15, 0.2) is 0 Å². The molecule has 0 aromatic heterocycles. The summed E-state index contributed by atoms with van der Waals surface area (Å²) in [5.74, 6) is 1.34. The van der Waals surface area contributed by atoms with Gasteiger partial charge in [0.25, 0.3) is 0 Å². The highest BCUT2D eigenvalue weighted by Gasteiger charge is 2.39. The van der Waals surface area contributed by atoms with Crippen molar-refractivity contribution in [3.8, 4) is 0 Å². The lowest BCUT2D eigenvalue weighted by molar-refractivity contribution is 0.0553. The van der Waals surface area contributed by atoms with Crippen LogP contribution in [0.3, 0.4) is 0 Å². The maximum atomic E-state index is 11.6. The lowest BCUT2D eigenvalue weighted by Crippen LogP contribution is -2.56. The summed E-state index contributed by atoms with van der Waals surface area (Å²) >= 11 is 0. The molecule has 2 rings (SSSR count). The van der Waals surface area contributed by atoms with Crippen LogP contribution in [0.4, 0.5) is 0 Å². The number of piperidine rings is 1. The molecule has 0 saturated carbocycles. The Kier molecular flexibility index (Phi) is 4.90. The first-order valence-electron chi connectivity index (χ1n) is 7.64. The van der Waals surface area contributed by atoms with Gasteiger partial charge >= 0.3 is 0 Å². The zero-order valence-electron chi connectivity index (χ0n) is 12.4. The van der Waals surface area contributed by atoms with Crippen molar-refractivity contribution >= 4 is 9.84 Å². The van der Waals surface area contributed by atoms with Crippen molar-refractivity contribution < 1.29 is 8.42 Å². The van der Waals surface area contributed by atoms with Crippen LogP contribution < -0.4 is 5.32 Å². The third-order valence-electron chi connectivity index (χ3n) is 4.95. The maximum absolute atomic E-state index is 11.6. The molecule has 0 aliphatic carbocycles. The fraction of sp³-hybridized carbons (Fsp3) is 1.00. The van der Waals surface area contributed by atoms with E-state index in [0.29, 0.717) is 29.5 Å². The third kappa shape index (κ3) is 3.50. The van der Waals surface area contributed by atoms with Crippen LogP contribution in [0.5, 0.6) is 0 Å². The molecule has 2 heterocycles. The van der Waals surface area contributed by atoms with Crippen molar-refractivity contribution in [2.24, 2.45) is 5.92 Å². The minimum absolute atomic E-state index is 0.259. The van der Waals surface area contributed by atoms with Crippen LogP contribution in [0.25, 0.3) is 0 Å². The lowest BCUT2D eigenvalue weighted by Gasteiger charge is -2.45. The number of hydrogen-bond donors (Lipinski definition) is 1. The first kappa shape index (κ1) is 15.3. The average molecular weight is 288 g/mol. The van der Waals surface area contributed by atoms with Gasteiger partial charge in [0.05, 0.1) is 11.5 Å². The van der Waals surface area contributed by atoms with E-state index < -0.39 is 9.84 Å². The molecule has 2 saturated heterocycles. The predicted molar refractivity (Wildman–Crippen MR) is 79.1 cm³/mol. The molecule has 0 radical (unpaired) electrons. The van der Waals surface area contributed by atoms with E-state index >= 15 is 0 Å². The highest BCUT2D eigenvalue weighted by atomic mass is 32.2. The molecule has 0 aromatic rings. The zero-order valence-corrected chi connectivity index (χ0v) is 13.2. The third-order valence-corrected chi connectivity index (χ3v) is 6.70. The molecule has 2 fully saturated rings. The first-order valence-corrected chi connectivity index (χ1v) is 9.46. The Labute approximate surface area is 117 Å². The van der Waals surface area contributed by atoms with Crippen LogP contribution in [0.1, 0.15) is 40.0 Å². The van der Waals surface area contributed by atoms with E-state index in [1.54, 1.807) is 0 Å². The van der Waals surface area contributed by atoms with Crippen LogP contribution >= 0.6 is 0 Å². The van der Waals surface area contributed by atoms with Gasteiger partial charge in [-0.25, -0.2) is 8.42 Å². The maximum Gasteiger partial charge on any atom is 0.151 e. The van der Waals surface area contributed by atoms with Crippen LogP contribution in [-0.4, -0.2) is 56.0 Å². The first-order chi connectivity index (χ1) is 8.94. The Bertz CT molecular complexity index is 396. The van der Waals surface area contributed by atoms with Crippen molar-refractivity contribution in [1.82, 2.24) is 10.2 Å². The summed E-state index contributed by atoms with van der Waals surface area (Å²) < 4.78 is 23.3. The van der Waals surface area contributed by atoms with E-state index in [1.807, 2.05) is 0 Å². The van der Waals surface area contributed by atoms with Gasteiger partial charge in [0.1, 0.15) is 0 Å². The number of sulfone groups is 1. The number of rotatable bonds is 4. The fourth-order valence-electron chi connectivity index (χ4n) is 3.56. The Morgan fingerprint density at radius 2 is 2.00 bits per heavy atom. The number of likely N-dealkylation sites (tertiary alicyclic amines) is 1. The molecule has 0 spiro atoms. The lowest BCUT2D eigenvalue weighted by atomic mass is 9.86. The molecule has 5 heteroatoms. The average Bonchev–Trinajstić information content (AvgIpc) is 2.71. The quantitative estimate of drug-likeness (QED) is 0.846. The predicted octanol–water partition coefficient (Wildman–Crippen LogP) is 1.27. The van der Waals surface area contributed by atoms with E-state index in [9.17, 15) is 8.42 Å². The molecule has 2 aliphatic rings. The second-order valence-electron chi connectivity index (χ2n) is 6.24. The molecule has 4 nitrogen and oxygen atoms in total. The van der Waals surface area contributed by atoms with E-state index in [0.717, 1.165) is 25.9 Å². The van der Waals surface area contributed by atoms with Gasteiger partial charge in [0, 0.05) is 24.7 Å². The number of hydrogen-bond acceptors (Lipinski definition) is 4. The van der Waals surface area contributed by atoms with Crippen LogP contribution in [0, 0.1) is 5.92 Å². The summed E-state index contributed by atoms with van der Waals surface area (Å²) in [5.41, 5.74) is 0. The van der Waals surface area contributed by atoms with E-state index in [-0.39, 0.29) is 6.04 Å². The summed E-state index contributed by atoms with van der Waals surface area (Å²) in [6.45, 7) is 8.87. The summed E-state index contributed by atoms with van der Waals surface area (Å²) in [6, 6.07) is 1.32. The van der Waals surface area contributed by atoms with Crippen molar-refractivity contribution in [3.05, 3.63) is 0 Å². The molecule has 0 bridgehead atoms. The molecular weight excluding hydrogens is 260 g/mol. The topological polar surface area (TPSA) is 49.4 Å². The van der Waals surface area contributed by atoms with Crippen molar-refractivity contribution in [1.29, 1.82) is 0 Å². The number of nitrogens with zero attached hydrogens (tertiary/aromatic N) is 1. The second kappa shape index (κ2) is 6.10. The van der Waals surface area contributed by atoms with Crippen LogP contribution in [0.2, 0.25) is 0 Å². The molecule has 112 valence electrons. The Morgan fingerprint density at radius 3 is 2.58 bits per heavy atom. The standard InChI is InChI=1S/C14H28N2O2S/c1-4-7-15-14-5-8-16(12(3)11(14)2)13-6-9-19(17,18)10-13/h11-15H,4-10H2,1-3H3. The zero-order chi connectivity index (χ0) is 14.0. The summed E-state index contributed by atoms with van der Waals surface area (Å²) in [7, 11) is -2.77. The van der Waals surface area contributed by atoms with Gasteiger partial charge in [0.2, 0.25) is 0 Å². The molecule has 4 unspecified atom stereocenters. The molecule has 19 heavy (non-hydrogen) atoms. The fourth-order valence-corrected chi connectivity index (χ4v) is 5.30. The summed E-state index contributed by atoms with van der Waals surface area (Å²) in [4.78, 5) is 2.44. The molecule has 4 atom stereocenters. The SMILES string of the molecule is CCCNC1CCN(C2CCS(=O)(=O)C2)C(C)C1C. The summed E-state index contributed by atoms with van der Waals surface area (Å²) in [5, 5.41) is 3.63. The van der Waals surface area contributed by atoms with Gasteiger partial charge < -0.3 is 5.32 Å². The van der Waals surface area contributed by atoms with E-state index in [4.69, 9.17) is 0 Å².